The van der Waals surface area contributed by atoms with E-state index in [2.05, 4.69) is 11.8 Å². The number of rotatable bonds is 5. The van der Waals surface area contributed by atoms with Gasteiger partial charge in [0.15, 0.2) is 6.10 Å². The number of carboxylic acid groups (broad SMARTS) is 1. The van der Waals surface area contributed by atoms with Crippen molar-refractivity contribution < 1.29 is 19.4 Å². The lowest BCUT2D eigenvalue weighted by atomic mass is 10.3. The highest BCUT2D eigenvalue weighted by Crippen LogP contribution is 2.06. The van der Waals surface area contributed by atoms with Gasteiger partial charge in [-0.2, -0.15) is 0 Å². The van der Waals surface area contributed by atoms with Crippen LogP contribution in [0.2, 0.25) is 0 Å². The number of morpholine rings is 1. The fourth-order valence-corrected chi connectivity index (χ4v) is 1.49. The van der Waals surface area contributed by atoms with Crippen molar-refractivity contribution in [3.63, 3.8) is 0 Å². The molecule has 1 N–H and O–H groups in total. The van der Waals surface area contributed by atoms with Crippen molar-refractivity contribution in [2.24, 2.45) is 0 Å². The van der Waals surface area contributed by atoms with Gasteiger partial charge in [0, 0.05) is 13.1 Å². The molecular formula is C10H19NO4. The molecule has 5 heteroatoms. The van der Waals surface area contributed by atoms with E-state index in [0.29, 0.717) is 13.2 Å². The monoisotopic (exact) mass is 217 g/mol. The van der Waals surface area contributed by atoms with Crippen LogP contribution in [-0.2, 0) is 14.3 Å². The number of likely N-dealkylation sites (N-methyl/N-ethyl adjacent to an activating group) is 1. The van der Waals surface area contributed by atoms with Crippen LogP contribution in [-0.4, -0.2) is 61.0 Å². The lowest BCUT2D eigenvalue weighted by Crippen LogP contribution is -2.44. The molecule has 0 saturated carbocycles. The summed E-state index contributed by atoms with van der Waals surface area (Å²) < 4.78 is 10.7. The summed E-state index contributed by atoms with van der Waals surface area (Å²) in [5.74, 6) is -0.932. The predicted octanol–water partition coefficient (Wildman–Crippen LogP) is 0.197. The number of carboxylic acids is 1. The molecular weight excluding hydrogens is 198 g/mol. The molecule has 1 aliphatic heterocycles. The molecule has 1 fully saturated rings. The summed E-state index contributed by atoms with van der Waals surface area (Å²) in [6.07, 6.45) is -0.758. The SMILES string of the molecule is CCN1CCOC(CO[C@H](C)C(=O)O)C1. The second kappa shape index (κ2) is 6.05. The molecule has 0 aromatic heterocycles. The van der Waals surface area contributed by atoms with Gasteiger partial charge < -0.3 is 14.6 Å². The largest absolute Gasteiger partial charge is 0.479 e. The van der Waals surface area contributed by atoms with Crippen LogP contribution in [0.15, 0.2) is 0 Å². The minimum Gasteiger partial charge on any atom is -0.479 e. The molecule has 2 atom stereocenters. The third-order valence-electron chi connectivity index (χ3n) is 2.55. The number of hydrogen-bond donors (Lipinski definition) is 1. The van der Waals surface area contributed by atoms with Crippen molar-refractivity contribution in [2.45, 2.75) is 26.1 Å². The maximum absolute atomic E-state index is 10.5. The second-order valence-corrected chi connectivity index (χ2v) is 3.70. The van der Waals surface area contributed by atoms with Gasteiger partial charge in [-0.1, -0.05) is 6.92 Å². The van der Waals surface area contributed by atoms with Gasteiger partial charge in [0.05, 0.1) is 19.3 Å². The first-order valence-corrected chi connectivity index (χ1v) is 5.31. The smallest absolute Gasteiger partial charge is 0.332 e. The molecule has 1 aliphatic rings. The minimum atomic E-state index is -0.932. The summed E-state index contributed by atoms with van der Waals surface area (Å²) in [5.41, 5.74) is 0. The molecule has 1 saturated heterocycles. The van der Waals surface area contributed by atoms with Crippen LogP contribution in [0.3, 0.4) is 0 Å². The summed E-state index contributed by atoms with van der Waals surface area (Å²) in [6, 6.07) is 0. The molecule has 1 unspecified atom stereocenters. The molecule has 0 radical (unpaired) electrons. The zero-order chi connectivity index (χ0) is 11.3. The van der Waals surface area contributed by atoms with Crippen LogP contribution in [0.4, 0.5) is 0 Å². The van der Waals surface area contributed by atoms with Crippen LogP contribution in [0.25, 0.3) is 0 Å². The summed E-state index contributed by atoms with van der Waals surface area (Å²) in [4.78, 5) is 12.8. The third-order valence-corrected chi connectivity index (χ3v) is 2.55. The maximum Gasteiger partial charge on any atom is 0.332 e. The fourth-order valence-electron chi connectivity index (χ4n) is 1.49. The quantitative estimate of drug-likeness (QED) is 0.712. The molecule has 0 aromatic rings. The van der Waals surface area contributed by atoms with Crippen molar-refractivity contribution in [1.82, 2.24) is 4.90 Å². The Morgan fingerprint density at radius 3 is 3.07 bits per heavy atom. The third kappa shape index (κ3) is 4.15. The molecule has 0 aromatic carbocycles. The van der Waals surface area contributed by atoms with Crippen molar-refractivity contribution in [3.05, 3.63) is 0 Å². The van der Waals surface area contributed by atoms with E-state index in [1.165, 1.54) is 6.92 Å². The standard InChI is InChI=1S/C10H19NO4/c1-3-11-4-5-14-9(6-11)7-15-8(2)10(12)13/h8-9H,3-7H2,1-2H3,(H,12,13)/t8-,9?/m1/s1. The van der Waals surface area contributed by atoms with E-state index in [1.807, 2.05) is 0 Å². The predicted molar refractivity (Wildman–Crippen MR) is 54.9 cm³/mol. The molecule has 88 valence electrons. The van der Waals surface area contributed by atoms with Gasteiger partial charge in [-0.25, -0.2) is 4.79 Å². The summed E-state index contributed by atoms with van der Waals surface area (Å²) >= 11 is 0. The van der Waals surface area contributed by atoms with Crippen LogP contribution in [0.5, 0.6) is 0 Å². The first kappa shape index (κ1) is 12.4. The van der Waals surface area contributed by atoms with Crippen molar-refractivity contribution in [1.29, 1.82) is 0 Å². The molecule has 15 heavy (non-hydrogen) atoms. The molecule has 0 bridgehead atoms. The van der Waals surface area contributed by atoms with Gasteiger partial charge in [0.1, 0.15) is 0 Å². The maximum atomic E-state index is 10.5. The molecule has 0 spiro atoms. The van der Waals surface area contributed by atoms with Crippen molar-refractivity contribution in [2.75, 3.05) is 32.8 Å². The first-order valence-electron chi connectivity index (χ1n) is 5.31. The zero-order valence-electron chi connectivity index (χ0n) is 9.31. The summed E-state index contributed by atoms with van der Waals surface area (Å²) in [5, 5.41) is 8.63. The molecule has 1 rings (SSSR count). The van der Waals surface area contributed by atoms with E-state index in [0.717, 1.165) is 19.6 Å². The highest BCUT2D eigenvalue weighted by atomic mass is 16.5. The Kier molecular flexibility index (Phi) is 5.01. The highest BCUT2D eigenvalue weighted by molar-refractivity contribution is 5.71. The molecule has 0 amide bonds. The van der Waals surface area contributed by atoms with E-state index >= 15 is 0 Å². The van der Waals surface area contributed by atoms with E-state index in [9.17, 15) is 4.79 Å². The Hall–Kier alpha value is -0.650. The Morgan fingerprint density at radius 1 is 1.73 bits per heavy atom. The van der Waals surface area contributed by atoms with Gasteiger partial charge in [-0.15, -0.1) is 0 Å². The summed E-state index contributed by atoms with van der Waals surface area (Å²) in [6.45, 7) is 7.44. The summed E-state index contributed by atoms with van der Waals surface area (Å²) in [7, 11) is 0. The van der Waals surface area contributed by atoms with Crippen molar-refractivity contribution in [3.8, 4) is 0 Å². The lowest BCUT2D eigenvalue weighted by Gasteiger charge is -2.32. The second-order valence-electron chi connectivity index (χ2n) is 3.70. The van der Waals surface area contributed by atoms with Crippen LogP contribution < -0.4 is 0 Å². The van der Waals surface area contributed by atoms with E-state index in [1.54, 1.807) is 0 Å². The van der Waals surface area contributed by atoms with Gasteiger partial charge in [-0.05, 0) is 13.5 Å². The van der Waals surface area contributed by atoms with Crippen LogP contribution in [0.1, 0.15) is 13.8 Å². The van der Waals surface area contributed by atoms with Gasteiger partial charge >= 0.3 is 5.97 Å². The number of nitrogens with zero attached hydrogens (tertiary/aromatic N) is 1. The van der Waals surface area contributed by atoms with Gasteiger partial charge in [0.25, 0.3) is 0 Å². The lowest BCUT2D eigenvalue weighted by molar-refractivity contribution is -0.153. The fraction of sp³-hybridized carbons (Fsp3) is 0.900. The van der Waals surface area contributed by atoms with Gasteiger partial charge in [0.2, 0.25) is 0 Å². The number of ether oxygens (including phenoxy) is 2. The highest BCUT2D eigenvalue weighted by Gasteiger charge is 2.21. The van der Waals surface area contributed by atoms with E-state index in [4.69, 9.17) is 14.6 Å². The average molecular weight is 217 g/mol. The average Bonchev–Trinajstić information content (AvgIpc) is 2.26. The Balaban J connectivity index is 2.23. The van der Waals surface area contributed by atoms with Crippen LogP contribution >= 0.6 is 0 Å². The normalized spacial score (nSPS) is 25.1. The minimum absolute atomic E-state index is 0.000463. The Labute approximate surface area is 90.0 Å². The molecule has 1 heterocycles. The zero-order valence-corrected chi connectivity index (χ0v) is 9.31. The van der Waals surface area contributed by atoms with E-state index in [-0.39, 0.29) is 6.10 Å². The number of hydrogen-bond acceptors (Lipinski definition) is 4. The van der Waals surface area contributed by atoms with Gasteiger partial charge in [-0.3, -0.25) is 4.90 Å². The first-order chi connectivity index (χ1) is 7.13. The molecule has 0 aliphatic carbocycles. The molecule has 5 nitrogen and oxygen atoms in total. The number of carbonyl (C=O) groups is 1. The topological polar surface area (TPSA) is 59.0 Å². The van der Waals surface area contributed by atoms with Crippen LogP contribution in [0, 0.1) is 0 Å². The van der Waals surface area contributed by atoms with E-state index < -0.39 is 12.1 Å². The Morgan fingerprint density at radius 2 is 2.47 bits per heavy atom. The Bertz CT molecular complexity index is 210. The van der Waals surface area contributed by atoms with Crippen molar-refractivity contribution >= 4 is 5.97 Å². The number of aliphatic carboxylic acids is 1.